The summed E-state index contributed by atoms with van der Waals surface area (Å²) in [5, 5.41) is 2.92. The molecule has 0 aromatic rings. The molecule has 0 aromatic heterocycles. The Morgan fingerprint density at radius 2 is 2.07 bits per heavy atom. The second kappa shape index (κ2) is 4.00. The fourth-order valence-corrected chi connectivity index (χ4v) is 2.35. The minimum absolute atomic E-state index is 0.111. The highest BCUT2D eigenvalue weighted by molar-refractivity contribution is 7.81. The molecule has 2 aliphatic carbocycles. The Labute approximate surface area is 97.6 Å². The van der Waals surface area contributed by atoms with Crippen LogP contribution in [0.5, 0.6) is 0 Å². The Hall–Kier alpha value is -0.180. The number of nitrogens with one attached hydrogen (secondary N) is 1. The van der Waals surface area contributed by atoms with Gasteiger partial charge in [0.05, 0.1) is 5.25 Å². The monoisotopic (exact) mass is 227 g/mol. The average molecular weight is 227 g/mol. The van der Waals surface area contributed by atoms with E-state index in [9.17, 15) is 4.79 Å². The van der Waals surface area contributed by atoms with Gasteiger partial charge in [-0.05, 0) is 42.9 Å². The summed E-state index contributed by atoms with van der Waals surface area (Å²) in [6, 6.07) is 0. The number of rotatable bonds is 5. The summed E-state index contributed by atoms with van der Waals surface area (Å²) in [6.07, 6.45) is 5.39. The Kier molecular flexibility index (Phi) is 3.02. The second-order valence-electron chi connectivity index (χ2n) is 5.54. The van der Waals surface area contributed by atoms with Crippen LogP contribution in [0.3, 0.4) is 0 Å². The van der Waals surface area contributed by atoms with Crippen LogP contribution in [-0.4, -0.2) is 17.7 Å². The van der Waals surface area contributed by atoms with E-state index in [1.807, 2.05) is 13.8 Å². The maximum atomic E-state index is 11.7. The molecule has 0 aromatic carbocycles. The molecule has 0 heterocycles. The van der Waals surface area contributed by atoms with Gasteiger partial charge in [0.2, 0.25) is 5.91 Å². The van der Waals surface area contributed by atoms with Gasteiger partial charge in [-0.15, -0.1) is 0 Å². The number of hydrogen-bond acceptors (Lipinski definition) is 2. The molecule has 1 atom stereocenters. The SMILES string of the molecule is CC(C)C(S)C(=O)NCC1(C2CC2)CC1. The zero-order valence-corrected chi connectivity index (χ0v) is 10.5. The van der Waals surface area contributed by atoms with Crippen molar-refractivity contribution in [3.05, 3.63) is 0 Å². The summed E-state index contributed by atoms with van der Waals surface area (Å²) >= 11 is 4.33. The van der Waals surface area contributed by atoms with Crippen molar-refractivity contribution < 1.29 is 4.79 Å². The van der Waals surface area contributed by atoms with Gasteiger partial charge in [0.15, 0.2) is 0 Å². The summed E-state index contributed by atoms with van der Waals surface area (Å²) in [5.74, 6) is 1.33. The lowest BCUT2D eigenvalue weighted by atomic mass is 10.0. The summed E-state index contributed by atoms with van der Waals surface area (Å²) < 4.78 is 0. The molecule has 0 aliphatic heterocycles. The average Bonchev–Trinajstić information content (AvgIpc) is 3.01. The minimum atomic E-state index is -0.153. The molecular weight excluding hydrogens is 206 g/mol. The Morgan fingerprint density at radius 1 is 1.47 bits per heavy atom. The first-order valence-corrected chi connectivity index (χ1v) is 6.52. The van der Waals surface area contributed by atoms with Crippen LogP contribution >= 0.6 is 12.6 Å². The van der Waals surface area contributed by atoms with Crippen molar-refractivity contribution in [1.29, 1.82) is 0 Å². The molecule has 2 aliphatic rings. The zero-order chi connectivity index (χ0) is 11.1. The van der Waals surface area contributed by atoms with Crippen LogP contribution in [-0.2, 0) is 4.79 Å². The Bertz CT molecular complexity index is 256. The van der Waals surface area contributed by atoms with E-state index >= 15 is 0 Å². The van der Waals surface area contributed by atoms with Crippen molar-refractivity contribution in [2.24, 2.45) is 17.3 Å². The molecule has 3 heteroatoms. The summed E-state index contributed by atoms with van der Waals surface area (Å²) in [6.45, 7) is 4.95. The second-order valence-corrected chi connectivity index (χ2v) is 6.10. The topological polar surface area (TPSA) is 29.1 Å². The minimum Gasteiger partial charge on any atom is -0.355 e. The molecule has 2 rings (SSSR count). The number of amides is 1. The molecule has 1 N–H and O–H groups in total. The predicted octanol–water partition coefficient (Wildman–Crippen LogP) is 2.25. The standard InChI is InChI=1S/C12H21NOS/c1-8(2)10(15)11(14)13-7-12(5-6-12)9-3-4-9/h8-10,15H,3-7H2,1-2H3,(H,13,14). The largest absolute Gasteiger partial charge is 0.355 e. The molecule has 0 saturated heterocycles. The molecule has 0 bridgehead atoms. The van der Waals surface area contributed by atoms with Gasteiger partial charge in [-0.25, -0.2) is 0 Å². The van der Waals surface area contributed by atoms with E-state index in [0.29, 0.717) is 11.3 Å². The third-order valence-corrected chi connectivity index (χ3v) is 4.68. The quantitative estimate of drug-likeness (QED) is 0.693. The summed E-state index contributed by atoms with van der Waals surface area (Å²) in [4.78, 5) is 11.7. The number of carbonyl (C=O) groups excluding carboxylic acids is 1. The fraction of sp³-hybridized carbons (Fsp3) is 0.917. The van der Waals surface area contributed by atoms with Gasteiger partial charge in [0, 0.05) is 6.54 Å². The van der Waals surface area contributed by atoms with Crippen molar-refractivity contribution >= 4 is 18.5 Å². The molecule has 86 valence electrons. The highest BCUT2D eigenvalue weighted by Gasteiger charge is 2.53. The van der Waals surface area contributed by atoms with Crippen LogP contribution in [0, 0.1) is 17.3 Å². The molecule has 1 amide bonds. The number of thiol groups is 1. The third-order valence-electron chi connectivity index (χ3n) is 3.85. The maximum absolute atomic E-state index is 11.7. The molecule has 1 unspecified atom stereocenters. The van der Waals surface area contributed by atoms with Gasteiger partial charge in [0.1, 0.15) is 0 Å². The zero-order valence-electron chi connectivity index (χ0n) is 9.62. The van der Waals surface area contributed by atoms with Gasteiger partial charge in [-0.1, -0.05) is 13.8 Å². The van der Waals surface area contributed by atoms with E-state index in [1.54, 1.807) is 0 Å². The molecule has 0 radical (unpaired) electrons. The first-order valence-electron chi connectivity index (χ1n) is 6.01. The van der Waals surface area contributed by atoms with Gasteiger partial charge in [-0.3, -0.25) is 4.79 Å². The van der Waals surface area contributed by atoms with Gasteiger partial charge in [0.25, 0.3) is 0 Å². The van der Waals surface area contributed by atoms with E-state index < -0.39 is 0 Å². The molecule has 2 nitrogen and oxygen atoms in total. The molecular formula is C12H21NOS. The maximum Gasteiger partial charge on any atom is 0.233 e. The predicted molar refractivity (Wildman–Crippen MR) is 65.0 cm³/mol. The van der Waals surface area contributed by atoms with Crippen molar-refractivity contribution in [2.75, 3.05) is 6.54 Å². The lowest BCUT2D eigenvalue weighted by Crippen LogP contribution is -2.38. The van der Waals surface area contributed by atoms with Crippen molar-refractivity contribution in [3.63, 3.8) is 0 Å². The number of hydrogen-bond donors (Lipinski definition) is 2. The molecule has 2 saturated carbocycles. The van der Waals surface area contributed by atoms with Crippen molar-refractivity contribution in [3.8, 4) is 0 Å². The van der Waals surface area contributed by atoms with Crippen LogP contribution in [0.25, 0.3) is 0 Å². The van der Waals surface area contributed by atoms with Crippen LogP contribution in [0.15, 0.2) is 0 Å². The van der Waals surface area contributed by atoms with Crippen LogP contribution in [0.4, 0.5) is 0 Å². The van der Waals surface area contributed by atoms with Crippen molar-refractivity contribution in [1.82, 2.24) is 5.32 Å². The lowest BCUT2D eigenvalue weighted by molar-refractivity contribution is -0.121. The van der Waals surface area contributed by atoms with E-state index in [1.165, 1.54) is 25.7 Å². The first kappa shape index (κ1) is 11.3. The van der Waals surface area contributed by atoms with Crippen LogP contribution in [0.1, 0.15) is 39.5 Å². The van der Waals surface area contributed by atoms with E-state index in [-0.39, 0.29) is 11.2 Å². The summed E-state index contributed by atoms with van der Waals surface area (Å²) in [7, 11) is 0. The van der Waals surface area contributed by atoms with E-state index in [4.69, 9.17) is 0 Å². The highest BCUT2D eigenvalue weighted by Crippen LogP contribution is 2.60. The Morgan fingerprint density at radius 3 is 2.47 bits per heavy atom. The third kappa shape index (κ3) is 2.49. The van der Waals surface area contributed by atoms with Gasteiger partial charge < -0.3 is 5.32 Å². The first-order chi connectivity index (χ1) is 7.05. The van der Waals surface area contributed by atoms with E-state index in [2.05, 4.69) is 17.9 Å². The van der Waals surface area contributed by atoms with Crippen molar-refractivity contribution in [2.45, 2.75) is 44.8 Å². The smallest absolute Gasteiger partial charge is 0.233 e. The normalized spacial score (nSPS) is 25.1. The summed E-state index contributed by atoms with van der Waals surface area (Å²) in [5.41, 5.74) is 0.500. The van der Waals surface area contributed by atoms with Crippen LogP contribution < -0.4 is 5.32 Å². The van der Waals surface area contributed by atoms with Gasteiger partial charge >= 0.3 is 0 Å². The highest BCUT2D eigenvalue weighted by atomic mass is 32.1. The Balaban J connectivity index is 1.75. The van der Waals surface area contributed by atoms with E-state index in [0.717, 1.165) is 12.5 Å². The van der Waals surface area contributed by atoms with Gasteiger partial charge in [-0.2, -0.15) is 12.6 Å². The molecule has 0 spiro atoms. The lowest BCUT2D eigenvalue weighted by Gasteiger charge is -2.19. The number of carbonyl (C=O) groups is 1. The fourth-order valence-electron chi connectivity index (χ4n) is 2.26. The molecule has 15 heavy (non-hydrogen) atoms. The molecule has 2 fully saturated rings. The van der Waals surface area contributed by atoms with Crippen LogP contribution in [0.2, 0.25) is 0 Å².